The Morgan fingerprint density at radius 2 is 1.94 bits per heavy atom. The molecule has 0 aliphatic rings. The summed E-state index contributed by atoms with van der Waals surface area (Å²) in [6.45, 7) is 8.80. The highest BCUT2D eigenvalue weighted by Crippen LogP contribution is 2.29. The largest absolute Gasteiger partial charge is 0.327 e. The minimum Gasteiger partial charge on any atom is -0.327 e. The first kappa shape index (κ1) is 15.5. The summed E-state index contributed by atoms with van der Waals surface area (Å²) in [6.07, 6.45) is 1.45. The zero-order valence-corrected chi connectivity index (χ0v) is 12.4. The summed E-state index contributed by atoms with van der Waals surface area (Å²) in [5.41, 5.74) is 6.99. The standard InChI is InChI=1S/C15H23ClFN/c1-10(15(2,3)4)7-13(18)8-11-5-6-12(16)9-14(11)17/h5-6,9-10,13H,7-8,18H2,1-4H3. The summed E-state index contributed by atoms with van der Waals surface area (Å²) in [5, 5.41) is 0.424. The third-order valence-corrected chi connectivity index (χ3v) is 3.87. The van der Waals surface area contributed by atoms with Gasteiger partial charge in [-0.2, -0.15) is 0 Å². The van der Waals surface area contributed by atoms with Crippen molar-refractivity contribution in [2.45, 2.75) is 46.6 Å². The molecule has 1 rings (SSSR count). The van der Waals surface area contributed by atoms with Gasteiger partial charge in [0.2, 0.25) is 0 Å². The molecule has 0 fully saturated rings. The van der Waals surface area contributed by atoms with Gasteiger partial charge in [0.05, 0.1) is 0 Å². The van der Waals surface area contributed by atoms with E-state index in [0.717, 1.165) is 6.42 Å². The van der Waals surface area contributed by atoms with Gasteiger partial charge in [-0.05, 0) is 41.9 Å². The Labute approximate surface area is 115 Å². The number of rotatable bonds is 4. The smallest absolute Gasteiger partial charge is 0.127 e. The quantitative estimate of drug-likeness (QED) is 0.862. The molecule has 0 saturated carbocycles. The van der Waals surface area contributed by atoms with Crippen LogP contribution in [0.5, 0.6) is 0 Å². The summed E-state index contributed by atoms with van der Waals surface area (Å²) in [5.74, 6) is 0.240. The van der Waals surface area contributed by atoms with Gasteiger partial charge in [-0.25, -0.2) is 4.39 Å². The Bertz CT molecular complexity index is 398. The van der Waals surface area contributed by atoms with E-state index in [-0.39, 0.29) is 17.3 Å². The van der Waals surface area contributed by atoms with E-state index in [1.807, 2.05) is 0 Å². The van der Waals surface area contributed by atoms with Crippen LogP contribution in [0.25, 0.3) is 0 Å². The molecule has 1 aromatic rings. The second kappa shape index (κ2) is 6.03. The van der Waals surface area contributed by atoms with Crippen LogP contribution < -0.4 is 5.73 Å². The molecule has 0 bridgehead atoms. The molecule has 0 amide bonds. The first-order valence-corrected chi connectivity index (χ1v) is 6.77. The SMILES string of the molecule is CC(CC(N)Cc1ccc(Cl)cc1F)C(C)(C)C. The third kappa shape index (κ3) is 4.58. The first-order valence-electron chi connectivity index (χ1n) is 6.39. The lowest BCUT2D eigenvalue weighted by molar-refractivity contribution is 0.232. The van der Waals surface area contributed by atoms with Gasteiger partial charge in [0.15, 0.2) is 0 Å². The molecular weight excluding hydrogens is 249 g/mol. The minimum absolute atomic E-state index is 0.0186. The maximum atomic E-state index is 13.6. The number of hydrogen-bond acceptors (Lipinski definition) is 1. The van der Waals surface area contributed by atoms with Gasteiger partial charge in [0, 0.05) is 11.1 Å². The maximum absolute atomic E-state index is 13.6. The Balaban J connectivity index is 2.62. The van der Waals surface area contributed by atoms with Crippen LogP contribution in [0, 0.1) is 17.2 Å². The van der Waals surface area contributed by atoms with Crippen molar-refractivity contribution in [3.05, 3.63) is 34.6 Å². The Morgan fingerprint density at radius 1 is 1.33 bits per heavy atom. The number of benzene rings is 1. The fourth-order valence-corrected chi connectivity index (χ4v) is 2.02. The van der Waals surface area contributed by atoms with Crippen LogP contribution in [-0.2, 0) is 6.42 Å². The number of halogens is 2. The van der Waals surface area contributed by atoms with Crippen LogP contribution in [0.2, 0.25) is 5.02 Å². The van der Waals surface area contributed by atoms with Crippen LogP contribution in [-0.4, -0.2) is 6.04 Å². The van der Waals surface area contributed by atoms with Gasteiger partial charge in [-0.1, -0.05) is 45.4 Å². The average molecular weight is 272 g/mol. The van der Waals surface area contributed by atoms with E-state index < -0.39 is 0 Å². The molecule has 0 saturated heterocycles. The van der Waals surface area contributed by atoms with Crippen LogP contribution in [0.1, 0.15) is 39.7 Å². The first-order chi connectivity index (χ1) is 8.20. The molecule has 3 heteroatoms. The zero-order valence-electron chi connectivity index (χ0n) is 11.6. The van der Waals surface area contributed by atoms with Crippen LogP contribution >= 0.6 is 11.6 Å². The van der Waals surface area contributed by atoms with Crippen molar-refractivity contribution >= 4 is 11.6 Å². The molecule has 2 atom stereocenters. The molecule has 1 nitrogen and oxygen atoms in total. The van der Waals surface area contributed by atoms with Gasteiger partial charge < -0.3 is 5.73 Å². The van der Waals surface area contributed by atoms with Crippen LogP contribution in [0.15, 0.2) is 18.2 Å². The lowest BCUT2D eigenvalue weighted by atomic mass is 9.78. The van der Waals surface area contributed by atoms with Crippen molar-refractivity contribution in [2.75, 3.05) is 0 Å². The topological polar surface area (TPSA) is 26.0 Å². The lowest BCUT2D eigenvalue weighted by Crippen LogP contribution is -2.30. The second-order valence-corrected chi connectivity index (χ2v) is 6.64. The molecule has 0 aromatic heterocycles. The van der Waals surface area contributed by atoms with E-state index in [2.05, 4.69) is 27.7 Å². The van der Waals surface area contributed by atoms with Crippen LogP contribution in [0.3, 0.4) is 0 Å². The number of nitrogens with two attached hydrogens (primary N) is 1. The second-order valence-electron chi connectivity index (χ2n) is 6.20. The van der Waals surface area contributed by atoms with E-state index in [9.17, 15) is 4.39 Å². The monoisotopic (exact) mass is 271 g/mol. The van der Waals surface area contributed by atoms with Gasteiger partial charge in [0.25, 0.3) is 0 Å². The molecule has 2 N–H and O–H groups in total. The molecule has 1 aromatic carbocycles. The highest BCUT2D eigenvalue weighted by molar-refractivity contribution is 6.30. The molecule has 0 spiro atoms. The van der Waals surface area contributed by atoms with E-state index in [4.69, 9.17) is 17.3 Å². The average Bonchev–Trinajstić information content (AvgIpc) is 2.20. The van der Waals surface area contributed by atoms with Crippen molar-refractivity contribution in [3.8, 4) is 0 Å². The summed E-state index contributed by atoms with van der Waals surface area (Å²) in [4.78, 5) is 0. The molecule has 0 heterocycles. The predicted octanol–water partition coefficient (Wildman–Crippen LogP) is 4.42. The van der Waals surface area contributed by atoms with Crippen molar-refractivity contribution in [1.29, 1.82) is 0 Å². The van der Waals surface area contributed by atoms with Gasteiger partial charge >= 0.3 is 0 Å². The molecular formula is C15H23ClFN. The van der Waals surface area contributed by atoms with E-state index in [1.165, 1.54) is 6.07 Å². The molecule has 0 radical (unpaired) electrons. The summed E-state index contributed by atoms with van der Waals surface area (Å²) in [7, 11) is 0. The lowest BCUT2D eigenvalue weighted by Gasteiger charge is -2.29. The molecule has 2 unspecified atom stereocenters. The van der Waals surface area contributed by atoms with Gasteiger partial charge in [-0.15, -0.1) is 0 Å². The third-order valence-electron chi connectivity index (χ3n) is 3.63. The summed E-state index contributed by atoms with van der Waals surface area (Å²) >= 11 is 5.73. The fraction of sp³-hybridized carbons (Fsp3) is 0.600. The van der Waals surface area contributed by atoms with E-state index in [0.29, 0.717) is 22.9 Å². The van der Waals surface area contributed by atoms with Crippen molar-refractivity contribution < 1.29 is 4.39 Å². The number of hydrogen-bond donors (Lipinski definition) is 1. The maximum Gasteiger partial charge on any atom is 0.127 e. The normalized spacial score (nSPS) is 15.5. The molecule has 18 heavy (non-hydrogen) atoms. The van der Waals surface area contributed by atoms with E-state index >= 15 is 0 Å². The van der Waals surface area contributed by atoms with Crippen molar-refractivity contribution in [3.63, 3.8) is 0 Å². The molecule has 0 aliphatic carbocycles. The van der Waals surface area contributed by atoms with Gasteiger partial charge in [0.1, 0.15) is 5.82 Å². The highest BCUT2D eigenvalue weighted by Gasteiger charge is 2.22. The summed E-state index contributed by atoms with van der Waals surface area (Å²) < 4.78 is 13.6. The predicted molar refractivity (Wildman–Crippen MR) is 76.3 cm³/mol. The minimum atomic E-state index is -0.263. The molecule has 0 aliphatic heterocycles. The van der Waals surface area contributed by atoms with Crippen molar-refractivity contribution in [1.82, 2.24) is 0 Å². The van der Waals surface area contributed by atoms with Crippen LogP contribution in [0.4, 0.5) is 4.39 Å². The zero-order chi connectivity index (χ0) is 13.9. The van der Waals surface area contributed by atoms with E-state index in [1.54, 1.807) is 12.1 Å². The van der Waals surface area contributed by atoms with Crippen molar-refractivity contribution in [2.24, 2.45) is 17.1 Å². The van der Waals surface area contributed by atoms with Gasteiger partial charge in [-0.3, -0.25) is 0 Å². The Kier molecular flexibility index (Phi) is 5.18. The Hall–Kier alpha value is -0.600. The highest BCUT2D eigenvalue weighted by atomic mass is 35.5. The fourth-order valence-electron chi connectivity index (χ4n) is 1.86. The Morgan fingerprint density at radius 3 is 2.44 bits per heavy atom. The molecule has 102 valence electrons. The summed E-state index contributed by atoms with van der Waals surface area (Å²) in [6, 6.07) is 4.76.